The number of rotatable bonds is 7. The smallest absolute Gasteiger partial charge is 0.119 e. The Bertz CT molecular complexity index is 560. The van der Waals surface area contributed by atoms with E-state index in [1.165, 1.54) is 28.7 Å². The topological polar surface area (TPSA) is 21.3 Å². The Morgan fingerprint density at radius 2 is 1.76 bits per heavy atom. The lowest BCUT2D eigenvalue weighted by molar-refractivity contribution is 0.340. The van der Waals surface area contributed by atoms with Gasteiger partial charge in [-0.25, -0.2) is 0 Å². The van der Waals surface area contributed by atoms with Crippen LogP contribution in [0, 0.1) is 6.92 Å². The van der Waals surface area contributed by atoms with Crippen molar-refractivity contribution in [3.8, 4) is 16.9 Å². The van der Waals surface area contributed by atoms with Crippen LogP contribution in [0.1, 0.15) is 31.4 Å². The largest absolute Gasteiger partial charge is 0.494 e. The standard InChI is InChI=1S/C19H25NO/c1-4-12-20-14-16-6-11-19(15(3)13-16)17-7-9-18(10-8-17)21-5-2/h6-11,13,20H,4-5,12,14H2,1-3H3. The molecule has 2 heteroatoms. The predicted molar refractivity (Wildman–Crippen MR) is 89.8 cm³/mol. The van der Waals surface area contributed by atoms with Crippen LogP contribution in [0.3, 0.4) is 0 Å². The minimum Gasteiger partial charge on any atom is -0.494 e. The fraction of sp³-hybridized carbons (Fsp3) is 0.368. The van der Waals surface area contributed by atoms with Gasteiger partial charge in [0.15, 0.2) is 0 Å². The molecule has 0 saturated heterocycles. The molecule has 0 saturated carbocycles. The highest BCUT2D eigenvalue weighted by molar-refractivity contribution is 5.68. The monoisotopic (exact) mass is 283 g/mol. The second-order valence-corrected chi connectivity index (χ2v) is 5.28. The summed E-state index contributed by atoms with van der Waals surface area (Å²) in [5, 5.41) is 3.44. The van der Waals surface area contributed by atoms with Crippen LogP contribution >= 0.6 is 0 Å². The lowest BCUT2D eigenvalue weighted by Gasteiger charge is -2.10. The Morgan fingerprint density at radius 1 is 1.00 bits per heavy atom. The molecule has 2 nitrogen and oxygen atoms in total. The van der Waals surface area contributed by atoms with Crippen molar-refractivity contribution < 1.29 is 4.74 Å². The molecule has 0 bridgehead atoms. The quantitative estimate of drug-likeness (QED) is 0.752. The molecule has 1 N–H and O–H groups in total. The Balaban J connectivity index is 2.12. The van der Waals surface area contributed by atoms with Gasteiger partial charge in [-0.15, -0.1) is 0 Å². The molecule has 0 unspecified atom stereocenters. The van der Waals surface area contributed by atoms with Crippen LogP contribution < -0.4 is 10.1 Å². The SMILES string of the molecule is CCCNCc1ccc(-c2ccc(OCC)cc2)c(C)c1. The lowest BCUT2D eigenvalue weighted by Crippen LogP contribution is -2.13. The zero-order valence-electron chi connectivity index (χ0n) is 13.3. The van der Waals surface area contributed by atoms with Gasteiger partial charge in [0.25, 0.3) is 0 Å². The van der Waals surface area contributed by atoms with Crippen LogP contribution in [0.5, 0.6) is 5.75 Å². The summed E-state index contributed by atoms with van der Waals surface area (Å²) >= 11 is 0. The van der Waals surface area contributed by atoms with E-state index < -0.39 is 0 Å². The minimum absolute atomic E-state index is 0.706. The Hall–Kier alpha value is -1.80. The molecule has 0 aliphatic heterocycles. The van der Waals surface area contributed by atoms with Crippen molar-refractivity contribution in [2.45, 2.75) is 33.7 Å². The fourth-order valence-corrected chi connectivity index (χ4v) is 2.47. The third-order valence-corrected chi connectivity index (χ3v) is 3.52. The summed E-state index contributed by atoms with van der Waals surface area (Å²) < 4.78 is 5.49. The number of nitrogens with one attached hydrogen (secondary N) is 1. The molecule has 112 valence electrons. The second kappa shape index (κ2) is 7.84. The summed E-state index contributed by atoms with van der Waals surface area (Å²) in [4.78, 5) is 0. The number of hydrogen-bond acceptors (Lipinski definition) is 2. The van der Waals surface area contributed by atoms with Gasteiger partial charge >= 0.3 is 0 Å². The van der Waals surface area contributed by atoms with Gasteiger partial charge in [-0.3, -0.25) is 0 Å². The molecule has 0 atom stereocenters. The Morgan fingerprint density at radius 3 is 2.38 bits per heavy atom. The normalized spacial score (nSPS) is 10.6. The summed E-state index contributed by atoms with van der Waals surface area (Å²) in [7, 11) is 0. The molecule has 0 heterocycles. The van der Waals surface area contributed by atoms with E-state index in [1.807, 2.05) is 19.1 Å². The van der Waals surface area contributed by atoms with Gasteiger partial charge in [0, 0.05) is 6.54 Å². The van der Waals surface area contributed by atoms with Gasteiger partial charge in [-0.05, 0) is 61.2 Å². The fourth-order valence-electron chi connectivity index (χ4n) is 2.47. The van der Waals surface area contributed by atoms with Gasteiger partial charge in [-0.1, -0.05) is 37.3 Å². The molecule has 0 radical (unpaired) electrons. The molecule has 0 aliphatic carbocycles. The highest BCUT2D eigenvalue weighted by Crippen LogP contribution is 2.26. The molecular formula is C19H25NO. The molecule has 0 fully saturated rings. The highest BCUT2D eigenvalue weighted by atomic mass is 16.5. The van der Waals surface area contributed by atoms with E-state index in [0.29, 0.717) is 6.61 Å². The van der Waals surface area contributed by atoms with Crippen LogP contribution in [-0.2, 0) is 6.54 Å². The van der Waals surface area contributed by atoms with Gasteiger partial charge in [0.05, 0.1) is 6.61 Å². The van der Waals surface area contributed by atoms with Crippen LogP contribution in [0.15, 0.2) is 42.5 Å². The summed E-state index contributed by atoms with van der Waals surface area (Å²) in [6.45, 7) is 9.08. The molecule has 2 rings (SSSR count). The molecule has 21 heavy (non-hydrogen) atoms. The van der Waals surface area contributed by atoms with E-state index in [1.54, 1.807) is 0 Å². The number of ether oxygens (including phenoxy) is 1. The predicted octanol–water partition coefficient (Wildman–Crippen LogP) is 4.56. The van der Waals surface area contributed by atoms with Crippen LogP contribution in [0.4, 0.5) is 0 Å². The average molecular weight is 283 g/mol. The van der Waals surface area contributed by atoms with Gasteiger partial charge < -0.3 is 10.1 Å². The molecular weight excluding hydrogens is 258 g/mol. The van der Waals surface area contributed by atoms with Gasteiger partial charge in [0.2, 0.25) is 0 Å². The highest BCUT2D eigenvalue weighted by Gasteiger charge is 2.03. The minimum atomic E-state index is 0.706. The maximum absolute atomic E-state index is 5.49. The molecule has 0 spiro atoms. The van der Waals surface area contributed by atoms with Crippen LogP contribution in [0.25, 0.3) is 11.1 Å². The summed E-state index contributed by atoms with van der Waals surface area (Å²) in [6, 6.07) is 15.0. The number of benzene rings is 2. The van der Waals surface area contributed by atoms with Crippen molar-refractivity contribution >= 4 is 0 Å². The molecule has 2 aromatic carbocycles. The van der Waals surface area contributed by atoms with E-state index in [9.17, 15) is 0 Å². The van der Waals surface area contributed by atoms with Crippen molar-refractivity contribution in [3.63, 3.8) is 0 Å². The second-order valence-electron chi connectivity index (χ2n) is 5.28. The van der Waals surface area contributed by atoms with E-state index in [2.05, 4.69) is 49.5 Å². The summed E-state index contributed by atoms with van der Waals surface area (Å²) in [6.07, 6.45) is 1.17. The third kappa shape index (κ3) is 4.33. The van der Waals surface area contributed by atoms with Crippen molar-refractivity contribution in [2.24, 2.45) is 0 Å². The maximum Gasteiger partial charge on any atom is 0.119 e. The zero-order chi connectivity index (χ0) is 15.1. The van der Waals surface area contributed by atoms with Gasteiger partial charge in [0.1, 0.15) is 5.75 Å². The zero-order valence-corrected chi connectivity index (χ0v) is 13.3. The van der Waals surface area contributed by atoms with E-state index in [4.69, 9.17) is 4.74 Å². The lowest BCUT2D eigenvalue weighted by atomic mass is 9.98. The molecule has 0 amide bonds. The number of aryl methyl sites for hydroxylation is 1. The summed E-state index contributed by atoms with van der Waals surface area (Å²) in [5.41, 5.74) is 5.19. The van der Waals surface area contributed by atoms with E-state index in [-0.39, 0.29) is 0 Å². The first-order valence-electron chi connectivity index (χ1n) is 7.78. The maximum atomic E-state index is 5.49. The van der Waals surface area contributed by atoms with E-state index in [0.717, 1.165) is 18.8 Å². The van der Waals surface area contributed by atoms with Gasteiger partial charge in [-0.2, -0.15) is 0 Å². The summed E-state index contributed by atoms with van der Waals surface area (Å²) in [5.74, 6) is 0.930. The van der Waals surface area contributed by atoms with Crippen molar-refractivity contribution in [2.75, 3.05) is 13.2 Å². The molecule has 0 aromatic heterocycles. The van der Waals surface area contributed by atoms with E-state index >= 15 is 0 Å². The molecule has 2 aromatic rings. The van der Waals surface area contributed by atoms with Crippen molar-refractivity contribution in [1.29, 1.82) is 0 Å². The third-order valence-electron chi connectivity index (χ3n) is 3.52. The first-order valence-corrected chi connectivity index (χ1v) is 7.78. The van der Waals surface area contributed by atoms with Crippen molar-refractivity contribution in [3.05, 3.63) is 53.6 Å². The Kier molecular flexibility index (Phi) is 5.82. The van der Waals surface area contributed by atoms with Crippen LogP contribution in [-0.4, -0.2) is 13.2 Å². The van der Waals surface area contributed by atoms with Crippen LogP contribution in [0.2, 0.25) is 0 Å². The number of hydrogen-bond donors (Lipinski definition) is 1. The first kappa shape index (κ1) is 15.6. The van der Waals surface area contributed by atoms with Crippen molar-refractivity contribution in [1.82, 2.24) is 5.32 Å². The molecule has 0 aliphatic rings. The average Bonchev–Trinajstić information content (AvgIpc) is 2.49. The first-order chi connectivity index (χ1) is 10.2. The Labute approximate surface area is 128 Å².